The summed E-state index contributed by atoms with van der Waals surface area (Å²) in [5.74, 6) is 0. The van der Waals surface area contributed by atoms with E-state index < -0.39 is 0 Å². The molecular weight excluding hydrogens is 148 g/mol. The highest BCUT2D eigenvalue weighted by Crippen LogP contribution is 2.20. The van der Waals surface area contributed by atoms with Gasteiger partial charge in [-0.15, -0.1) is 0 Å². The average molecular weight is 168 g/mol. The van der Waals surface area contributed by atoms with Gasteiger partial charge < -0.3 is 4.90 Å². The minimum Gasteiger partial charge on any atom is -0.361 e. The number of hydrogen-bond acceptors (Lipinski definition) is 2. The largest absolute Gasteiger partial charge is 0.361 e. The second kappa shape index (κ2) is 3.92. The maximum atomic E-state index is 4.18. The molecule has 70 valence electrons. The molecule has 0 saturated heterocycles. The number of hydrogen-bond donors (Lipinski definition) is 0. The Kier molecular flexibility index (Phi) is 3.12. The lowest BCUT2D eigenvalue weighted by atomic mass is 9.90. The maximum absolute atomic E-state index is 4.18. The molecule has 1 aliphatic rings. The third-order valence-corrected chi connectivity index (χ3v) is 2.13. The summed E-state index contributed by atoms with van der Waals surface area (Å²) in [6.45, 7) is 10.2. The average Bonchev–Trinajstić information content (AvgIpc) is 2.36. The molecule has 0 unspecified atom stereocenters. The van der Waals surface area contributed by atoms with Gasteiger partial charge in [0.15, 0.2) is 0 Å². The summed E-state index contributed by atoms with van der Waals surface area (Å²) in [5.41, 5.74) is 0.483. The van der Waals surface area contributed by atoms with Crippen LogP contribution in [0.4, 0.5) is 0 Å². The van der Waals surface area contributed by atoms with Gasteiger partial charge in [-0.2, -0.15) is 0 Å². The van der Waals surface area contributed by atoms with Crippen LogP contribution in [0.25, 0.3) is 0 Å². The van der Waals surface area contributed by atoms with Crippen molar-refractivity contribution in [2.75, 3.05) is 19.6 Å². The van der Waals surface area contributed by atoms with Crippen molar-refractivity contribution in [1.29, 1.82) is 0 Å². The number of aliphatic imine (C=N–C) groups is 1. The van der Waals surface area contributed by atoms with E-state index in [9.17, 15) is 0 Å². The fourth-order valence-electron chi connectivity index (χ4n) is 1.40. The van der Waals surface area contributed by atoms with Gasteiger partial charge in [0.25, 0.3) is 0 Å². The normalized spacial score (nSPS) is 17.4. The molecule has 0 bridgehead atoms. The molecule has 0 N–H and O–H groups in total. The molecule has 0 amide bonds. The topological polar surface area (TPSA) is 15.6 Å². The lowest BCUT2D eigenvalue weighted by Gasteiger charge is -2.20. The fraction of sp³-hybridized carbons (Fsp3) is 0.900. The molecule has 0 aromatic rings. The van der Waals surface area contributed by atoms with Crippen LogP contribution in [0.15, 0.2) is 4.99 Å². The van der Waals surface area contributed by atoms with Gasteiger partial charge in [-0.05, 0) is 18.3 Å². The Morgan fingerprint density at radius 1 is 1.42 bits per heavy atom. The van der Waals surface area contributed by atoms with E-state index in [4.69, 9.17) is 0 Å². The van der Waals surface area contributed by atoms with Crippen LogP contribution in [0.2, 0.25) is 0 Å². The molecule has 0 atom stereocenters. The van der Waals surface area contributed by atoms with Crippen molar-refractivity contribution < 1.29 is 0 Å². The Hall–Kier alpha value is -0.530. The molecule has 0 aromatic carbocycles. The van der Waals surface area contributed by atoms with Crippen LogP contribution in [-0.2, 0) is 0 Å². The standard InChI is InChI=1S/C10H20N2/c1-10(2,3)5-4-7-12-8-6-11-9-12/h9H,4-8H2,1-3H3. The summed E-state index contributed by atoms with van der Waals surface area (Å²) < 4.78 is 0. The van der Waals surface area contributed by atoms with Gasteiger partial charge in [-0.1, -0.05) is 20.8 Å². The van der Waals surface area contributed by atoms with Crippen molar-refractivity contribution in [3.05, 3.63) is 0 Å². The van der Waals surface area contributed by atoms with E-state index >= 15 is 0 Å². The highest BCUT2D eigenvalue weighted by molar-refractivity contribution is 5.56. The zero-order valence-corrected chi connectivity index (χ0v) is 8.51. The predicted octanol–water partition coefficient (Wildman–Crippen LogP) is 2.16. The van der Waals surface area contributed by atoms with Crippen molar-refractivity contribution >= 4 is 6.34 Å². The van der Waals surface area contributed by atoms with Gasteiger partial charge in [0.2, 0.25) is 0 Å². The van der Waals surface area contributed by atoms with Crippen molar-refractivity contribution in [3.63, 3.8) is 0 Å². The minimum absolute atomic E-state index is 0.483. The summed E-state index contributed by atoms with van der Waals surface area (Å²) in [6, 6.07) is 0. The molecule has 2 heteroatoms. The summed E-state index contributed by atoms with van der Waals surface area (Å²) in [7, 11) is 0. The lowest BCUT2D eigenvalue weighted by Crippen LogP contribution is -2.22. The van der Waals surface area contributed by atoms with Gasteiger partial charge in [-0.25, -0.2) is 0 Å². The van der Waals surface area contributed by atoms with Crippen molar-refractivity contribution in [3.8, 4) is 0 Å². The Labute approximate surface area is 75.7 Å². The zero-order valence-electron chi connectivity index (χ0n) is 8.51. The third-order valence-electron chi connectivity index (χ3n) is 2.13. The van der Waals surface area contributed by atoms with Crippen LogP contribution in [-0.4, -0.2) is 30.9 Å². The Morgan fingerprint density at radius 3 is 2.67 bits per heavy atom. The minimum atomic E-state index is 0.483. The fourth-order valence-corrected chi connectivity index (χ4v) is 1.40. The monoisotopic (exact) mass is 168 g/mol. The molecule has 0 fully saturated rings. The Morgan fingerprint density at radius 2 is 2.17 bits per heavy atom. The van der Waals surface area contributed by atoms with Crippen LogP contribution in [0.3, 0.4) is 0 Å². The molecule has 0 spiro atoms. The van der Waals surface area contributed by atoms with Crippen LogP contribution < -0.4 is 0 Å². The van der Waals surface area contributed by atoms with E-state index in [0.29, 0.717) is 5.41 Å². The maximum Gasteiger partial charge on any atom is 0.0851 e. The molecule has 1 aliphatic heterocycles. The molecule has 0 aromatic heterocycles. The van der Waals surface area contributed by atoms with Gasteiger partial charge in [0.1, 0.15) is 0 Å². The van der Waals surface area contributed by atoms with Gasteiger partial charge in [-0.3, -0.25) is 4.99 Å². The van der Waals surface area contributed by atoms with E-state index in [2.05, 4.69) is 30.7 Å². The zero-order chi connectivity index (χ0) is 9.03. The first-order chi connectivity index (χ1) is 5.58. The van der Waals surface area contributed by atoms with E-state index in [1.54, 1.807) is 0 Å². The van der Waals surface area contributed by atoms with E-state index in [-0.39, 0.29) is 0 Å². The molecular formula is C10H20N2. The second-order valence-corrected chi connectivity index (χ2v) is 4.72. The Bertz CT molecular complexity index is 156. The van der Waals surface area contributed by atoms with E-state index in [0.717, 1.165) is 13.1 Å². The first-order valence-corrected chi connectivity index (χ1v) is 4.82. The summed E-state index contributed by atoms with van der Waals surface area (Å²) in [5, 5.41) is 0. The van der Waals surface area contributed by atoms with Crippen molar-refractivity contribution in [1.82, 2.24) is 4.90 Å². The van der Waals surface area contributed by atoms with E-state index in [1.165, 1.54) is 19.4 Å². The van der Waals surface area contributed by atoms with E-state index in [1.807, 2.05) is 6.34 Å². The molecule has 1 heterocycles. The first-order valence-electron chi connectivity index (χ1n) is 4.82. The van der Waals surface area contributed by atoms with Crippen LogP contribution in [0.1, 0.15) is 33.6 Å². The van der Waals surface area contributed by atoms with Crippen molar-refractivity contribution in [2.45, 2.75) is 33.6 Å². The quantitative estimate of drug-likeness (QED) is 0.630. The number of rotatable bonds is 3. The third kappa shape index (κ3) is 3.74. The molecule has 12 heavy (non-hydrogen) atoms. The van der Waals surface area contributed by atoms with Gasteiger partial charge >= 0.3 is 0 Å². The smallest absolute Gasteiger partial charge is 0.0851 e. The molecule has 1 rings (SSSR count). The molecule has 0 radical (unpaired) electrons. The van der Waals surface area contributed by atoms with Crippen LogP contribution in [0, 0.1) is 5.41 Å². The first kappa shape index (κ1) is 9.56. The second-order valence-electron chi connectivity index (χ2n) is 4.72. The Balaban J connectivity index is 2.06. The molecule has 2 nitrogen and oxygen atoms in total. The lowest BCUT2D eigenvalue weighted by molar-refractivity contribution is 0.336. The number of nitrogens with zero attached hydrogens (tertiary/aromatic N) is 2. The molecule has 0 aliphatic carbocycles. The van der Waals surface area contributed by atoms with Crippen molar-refractivity contribution in [2.24, 2.45) is 10.4 Å². The SMILES string of the molecule is CC(C)(C)CCCN1C=NCC1. The summed E-state index contributed by atoms with van der Waals surface area (Å²) >= 11 is 0. The summed E-state index contributed by atoms with van der Waals surface area (Å²) in [4.78, 5) is 6.49. The van der Waals surface area contributed by atoms with Gasteiger partial charge in [0, 0.05) is 13.1 Å². The van der Waals surface area contributed by atoms with Crippen LogP contribution >= 0.6 is 0 Å². The molecule has 0 saturated carbocycles. The van der Waals surface area contributed by atoms with Gasteiger partial charge in [0.05, 0.1) is 12.9 Å². The highest BCUT2D eigenvalue weighted by Gasteiger charge is 2.11. The highest BCUT2D eigenvalue weighted by atomic mass is 15.2. The summed E-state index contributed by atoms with van der Waals surface area (Å²) in [6.07, 6.45) is 4.58. The predicted molar refractivity (Wildman–Crippen MR) is 53.6 cm³/mol. The van der Waals surface area contributed by atoms with Crippen LogP contribution in [0.5, 0.6) is 0 Å².